The molecule has 5 nitrogen and oxygen atoms in total. The van der Waals surface area contributed by atoms with Crippen molar-refractivity contribution in [3.05, 3.63) is 12.7 Å². The molecule has 0 fully saturated rings. The molecule has 0 saturated carbocycles. The fourth-order valence-corrected chi connectivity index (χ4v) is 0.967. The topological polar surface area (TPSA) is 101 Å². The molecule has 0 saturated heterocycles. The molecular weight excluding hydrogens is 236 g/mol. The second-order valence-electron chi connectivity index (χ2n) is 3.78. The van der Waals surface area contributed by atoms with Gasteiger partial charge in [0, 0.05) is 6.42 Å². The van der Waals surface area contributed by atoms with Crippen LogP contribution in [0.4, 0.5) is 0 Å². The third-order valence-electron chi connectivity index (χ3n) is 2.03. The number of aliphatic hydroxyl groups is 5. The zero-order valence-corrected chi connectivity index (χ0v) is 10.1. The monoisotopic (exact) mass is 254 g/mol. The lowest BCUT2D eigenvalue weighted by Gasteiger charge is -2.21. The van der Waals surface area contributed by atoms with Gasteiger partial charge in [0.05, 0.1) is 6.10 Å². The highest BCUT2D eigenvalue weighted by Crippen LogP contribution is 2.05. The second-order valence-corrected chi connectivity index (χ2v) is 3.78. The standard InChI is InChI=1S/C13H18O5/c1-3-10(15)12(17)13(18)11(16)8-6-4-5-7-9(2)14/h3,9-18H,1,7H2,2H3/t9-,10-,11+,12+,13-/m0/s1. The lowest BCUT2D eigenvalue weighted by atomic mass is 10.0. The van der Waals surface area contributed by atoms with Crippen LogP contribution in [0.2, 0.25) is 0 Å². The Kier molecular flexibility index (Phi) is 8.06. The van der Waals surface area contributed by atoms with Gasteiger partial charge < -0.3 is 25.5 Å². The van der Waals surface area contributed by atoms with Crippen LogP contribution in [0.1, 0.15) is 13.3 Å². The maximum Gasteiger partial charge on any atom is 0.144 e. The van der Waals surface area contributed by atoms with E-state index in [9.17, 15) is 20.4 Å². The van der Waals surface area contributed by atoms with Crippen molar-refractivity contribution in [1.82, 2.24) is 0 Å². The predicted octanol–water partition coefficient (Wildman–Crippen LogP) is -1.61. The van der Waals surface area contributed by atoms with E-state index >= 15 is 0 Å². The molecule has 0 aromatic rings. The molecule has 0 bridgehead atoms. The fourth-order valence-electron chi connectivity index (χ4n) is 0.967. The Hall–Kier alpha value is -1.34. The summed E-state index contributed by atoms with van der Waals surface area (Å²) in [4.78, 5) is 0. The summed E-state index contributed by atoms with van der Waals surface area (Å²) in [6.45, 7) is 4.82. The van der Waals surface area contributed by atoms with Crippen molar-refractivity contribution in [3.8, 4) is 23.7 Å². The molecule has 5 atom stereocenters. The first-order valence-corrected chi connectivity index (χ1v) is 5.41. The Morgan fingerprint density at radius 1 is 1.06 bits per heavy atom. The number of rotatable bonds is 5. The van der Waals surface area contributed by atoms with Crippen LogP contribution in [0.25, 0.3) is 0 Å². The normalized spacial score (nSPS) is 18.1. The first-order valence-electron chi connectivity index (χ1n) is 5.41. The lowest BCUT2D eigenvalue weighted by Crippen LogP contribution is -2.43. The van der Waals surface area contributed by atoms with Gasteiger partial charge >= 0.3 is 0 Å². The minimum Gasteiger partial charge on any atom is -0.392 e. The van der Waals surface area contributed by atoms with E-state index in [1.807, 2.05) is 0 Å². The van der Waals surface area contributed by atoms with Crippen LogP contribution in [0.3, 0.4) is 0 Å². The first-order chi connectivity index (χ1) is 8.40. The molecule has 0 amide bonds. The molecule has 18 heavy (non-hydrogen) atoms. The maximum atomic E-state index is 9.43. The Balaban J connectivity index is 4.38. The third-order valence-corrected chi connectivity index (χ3v) is 2.03. The number of aliphatic hydroxyl groups excluding tert-OH is 5. The SMILES string of the molecule is C=C[C@H](O)[C@@H](O)[C@@H](O)[C@H](O)C#CC#CC[C@H](C)O. The molecule has 0 heterocycles. The highest BCUT2D eigenvalue weighted by atomic mass is 16.4. The zero-order chi connectivity index (χ0) is 14.1. The summed E-state index contributed by atoms with van der Waals surface area (Å²) < 4.78 is 0. The molecule has 0 aliphatic heterocycles. The average Bonchev–Trinajstić information content (AvgIpc) is 2.34. The van der Waals surface area contributed by atoms with E-state index in [1.165, 1.54) is 0 Å². The van der Waals surface area contributed by atoms with Crippen LogP contribution in [0.15, 0.2) is 12.7 Å². The van der Waals surface area contributed by atoms with Crippen molar-refractivity contribution >= 4 is 0 Å². The molecule has 5 heteroatoms. The summed E-state index contributed by atoms with van der Waals surface area (Å²) in [5.74, 6) is 9.42. The molecule has 5 N–H and O–H groups in total. The van der Waals surface area contributed by atoms with E-state index in [0.29, 0.717) is 0 Å². The molecule has 0 radical (unpaired) electrons. The van der Waals surface area contributed by atoms with E-state index in [4.69, 9.17) is 5.11 Å². The van der Waals surface area contributed by atoms with Gasteiger partial charge in [-0.2, -0.15) is 0 Å². The lowest BCUT2D eigenvalue weighted by molar-refractivity contribution is -0.0776. The predicted molar refractivity (Wildman–Crippen MR) is 66.1 cm³/mol. The highest BCUT2D eigenvalue weighted by molar-refractivity contribution is 5.28. The average molecular weight is 254 g/mol. The maximum absolute atomic E-state index is 9.43. The van der Waals surface area contributed by atoms with Crippen LogP contribution in [-0.2, 0) is 0 Å². The Morgan fingerprint density at radius 3 is 2.17 bits per heavy atom. The molecule has 0 rings (SSSR count). The van der Waals surface area contributed by atoms with Crippen LogP contribution in [0.5, 0.6) is 0 Å². The van der Waals surface area contributed by atoms with E-state index in [0.717, 1.165) is 6.08 Å². The summed E-state index contributed by atoms with van der Waals surface area (Å²) in [6, 6.07) is 0. The van der Waals surface area contributed by atoms with Crippen molar-refractivity contribution < 1.29 is 25.5 Å². The van der Waals surface area contributed by atoms with Gasteiger partial charge in [-0.1, -0.05) is 17.9 Å². The molecule has 0 aromatic heterocycles. The quantitative estimate of drug-likeness (QED) is 0.300. The van der Waals surface area contributed by atoms with Crippen molar-refractivity contribution in [2.45, 2.75) is 43.9 Å². The Bertz CT molecular complexity index is 368. The van der Waals surface area contributed by atoms with Gasteiger partial charge in [-0.05, 0) is 18.8 Å². The fraction of sp³-hybridized carbons (Fsp3) is 0.538. The van der Waals surface area contributed by atoms with Gasteiger partial charge in [-0.15, -0.1) is 6.58 Å². The van der Waals surface area contributed by atoms with Gasteiger partial charge in [-0.3, -0.25) is 0 Å². The minimum atomic E-state index is -1.62. The third kappa shape index (κ3) is 6.41. The van der Waals surface area contributed by atoms with Crippen molar-refractivity contribution in [1.29, 1.82) is 0 Å². The molecule has 0 spiro atoms. The summed E-state index contributed by atoms with van der Waals surface area (Å²) in [5, 5.41) is 46.3. The van der Waals surface area contributed by atoms with Gasteiger partial charge in [0.15, 0.2) is 0 Å². The molecular formula is C13H18O5. The second kappa shape index (κ2) is 8.71. The van der Waals surface area contributed by atoms with Crippen LogP contribution in [-0.4, -0.2) is 56.1 Å². The van der Waals surface area contributed by atoms with E-state index in [-0.39, 0.29) is 6.42 Å². The first kappa shape index (κ1) is 16.7. The Morgan fingerprint density at radius 2 is 1.67 bits per heavy atom. The molecule has 0 aliphatic rings. The van der Waals surface area contributed by atoms with Gasteiger partial charge in [0.25, 0.3) is 0 Å². The highest BCUT2D eigenvalue weighted by Gasteiger charge is 2.27. The van der Waals surface area contributed by atoms with Gasteiger partial charge in [0.2, 0.25) is 0 Å². The van der Waals surface area contributed by atoms with Crippen LogP contribution in [0, 0.1) is 23.7 Å². The number of hydrogen-bond donors (Lipinski definition) is 5. The summed E-state index contributed by atoms with van der Waals surface area (Å²) in [5.41, 5.74) is 0. The summed E-state index contributed by atoms with van der Waals surface area (Å²) in [6.07, 6.45) is -5.34. The van der Waals surface area contributed by atoms with E-state index < -0.39 is 30.5 Å². The van der Waals surface area contributed by atoms with E-state index in [2.05, 4.69) is 30.3 Å². The van der Waals surface area contributed by atoms with Crippen LogP contribution >= 0.6 is 0 Å². The zero-order valence-electron chi connectivity index (χ0n) is 10.1. The van der Waals surface area contributed by atoms with Crippen molar-refractivity contribution in [2.24, 2.45) is 0 Å². The Labute approximate surface area is 106 Å². The largest absolute Gasteiger partial charge is 0.392 e. The molecule has 0 aromatic carbocycles. The number of hydrogen-bond acceptors (Lipinski definition) is 5. The summed E-state index contributed by atoms with van der Waals surface area (Å²) >= 11 is 0. The molecule has 0 unspecified atom stereocenters. The van der Waals surface area contributed by atoms with E-state index in [1.54, 1.807) is 6.92 Å². The summed E-state index contributed by atoms with van der Waals surface area (Å²) in [7, 11) is 0. The van der Waals surface area contributed by atoms with Crippen molar-refractivity contribution in [2.75, 3.05) is 0 Å². The van der Waals surface area contributed by atoms with Crippen molar-refractivity contribution in [3.63, 3.8) is 0 Å². The molecule has 100 valence electrons. The van der Waals surface area contributed by atoms with Gasteiger partial charge in [0.1, 0.15) is 24.4 Å². The molecule has 0 aliphatic carbocycles. The minimum absolute atomic E-state index is 0.255. The van der Waals surface area contributed by atoms with Gasteiger partial charge in [-0.25, -0.2) is 0 Å². The smallest absolute Gasteiger partial charge is 0.144 e. The van der Waals surface area contributed by atoms with Crippen LogP contribution < -0.4 is 0 Å².